The predicted molar refractivity (Wildman–Crippen MR) is 437 cm³/mol. The van der Waals surface area contributed by atoms with Gasteiger partial charge in [0.05, 0.1) is 216 Å². The van der Waals surface area contributed by atoms with Gasteiger partial charge in [0, 0.05) is 21.3 Å². The fraction of sp³-hybridized carbons (Fsp3) is 0.473. The van der Waals surface area contributed by atoms with E-state index in [0.717, 1.165) is 94.2 Å². The van der Waals surface area contributed by atoms with Crippen molar-refractivity contribution < 1.29 is 115 Å². The summed E-state index contributed by atoms with van der Waals surface area (Å²) in [6, 6.07) is 46.3. The third kappa shape index (κ3) is 26.6. The fourth-order valence-corrected chi connectivity index (χ4v) is 13.6. The summed E-state index contributed by atoms with van der Waals surface area (Å²) < 4.78 is 116. The Morgan fingerprint density at radius 2 is 0.722 bits per heavy atom. The summed E-state index contributed by atoms with van der Waals surface area (Å²) in [6.45, 7) is 20.1. The van der Waals surface area contributed by atoms with Gasteiger partial charge in [-0.05, 0) is 183 Å². The molecule has 115 heavy (non-hydrogen) atoms. The number of carbonyl (C=O) groups is 2. The van der Waals surface area contributed by atoms with Crippen molar-refractivity contribution in [3.05, 3.63) is 195 Å². The molecular weight excluding hydrogens is 1480 g/mol. The zero-order valence-corrected chi connectivity index (χ0v) is 68.1. The van der Waals surface area contributed by atoms with Crippen LogP contribution in [0.5, 0.6) is 17.2 Å². The summed E-state index contributed by atoms with van der Waals surface area (Å²) in [5.41, 5.74) is 15.1. The van der Waals surface area contributed by atoms with Crippen molar-refractivity contribution in [1.82, 2.24) is 0 Å². The molecule has 0 radical (unpaired) electrons. The van der Waals surface area contributed by atoms with Crippen LogP contribution < -0.4 is 14.2 Å². The van der Waals surface area contributed by atoms with Gasteiger partial charge in [-0.3, -0.25) is 0 Å². The number of esters is 2. The number of rotatable bonds is 59. The summed E-state index contributed by atoms with van der Waals surface area (Å²) in [7, 11) is 4.90. The second-order valence-electron chi connectivity index (χ2n) is 27.0. The minimum Gasteiger partial charge on any atom is -0.490 e. The molecule has 2 N–H and O–H groups in total. The molecule has 8 aromatic carbocycles. The molecule has 0 spiro atoms. The van der Waals surface area contributed by atoms with Crippen LogP contribution in [0.15, 0.2) is 133 Å². The Bertz CT molecular complexity index is 4260. The lowest BCUT2D eigenvalue weighted by Gasteiger charge is -2.35. The lowest BCUT2D eigenvalue weighted by Crippen LogP contribution is -2.29. The maximum absolute atomic E-state index is 14.3. The van der Waals surface area contributed by atoms with Crippen LogP contribution in [-0.2, 0) is 99.2 Å². The third-order valence-corrected chi connectivity index (χ3v) is 19.0. The number of hydrogen-bond acceptors (Lipinski definition) is 24. The molecule has 0 bridgehead atoms. The van der Waals surface area contributed by atoms with Crippen molar-refractivity contribution in [3.8, 4) is 61.8 Å². The van der Waals surface area contributed by atoms with E-state index in [1.807, 2.05) is 49.4 Å². The van der Waals surface area contributed by atoms with Crippen LogP contribution in [0.1, 0.15) is 84.6 Å². The van der Waals surface area contributed by atoms with Crippen LogP contribution in [-0.4, -0.2) is 255 Å². The number of carbonyl (C=O) groups excluding carboxylic acids is 2. The number of ether oxygens (including phenoxy) is 20. The zero-order chi connectivity index (χ0) is 81.3. The van der Waals surface area contributed by atoms with Crippen LogP contribution in [0.25, 0.3) is 55.3 Å². The minimum absolute atomic E-state index is 0.0501. The molecule has 1 atom stereocenters. The van der Waals surface area contributed by atoms with E-state index in [0.29, 0.717) is 173 Å². The van der Waals surface area contributed by atoms with Gasteiger partial charge in [-0.2, -0.15) is 0 Å². The highest BCUT2D eigenvalue weighted by molar-refractivity contribution is 6.09. The predicted octanol–water partition coefficient (Wildman–Crippen LogP) is 12.7. The van der Waals surface area contributed by atoms with E-state index in [1.165, 1.54) is 0 Å². The fourth-order valence-electron chi connectivity index (χ4n) is 13.6. The standard InChI is InChI=1S/C91H116O24/c1-9-111-89(94)80-57-69(12-13-72(80)64-110-46-44-105-36-34-100-26-24-93)78-53-66(4)54-81-79(70-16-21-86(83(58-70)90(95)112-10-2)113-50-47-106-40-37-101-30-27-96-6)59-73(60-82(78)81)68-15-20-77-76-19-11-65(3)55-84(76)91(85(77)61-68,74-17-14-71(67(5)56-74)63-109-45-43-104-35-33-99-25-23-92)75-18-22-87(114-51-48-107-41-38-102-31-28-97-7)88(62-75)115-52-49-108-42-39-103-32-29-98-8/h11-22,53-62,92-93H,9-10,23-52,63-64H2,1-8H3. The second-order valence-corrected chi connectivity index (χ2v) is 27.0. The number of hydrogen-bond donors (Lipinski definition) is 2. The topological polar surface area (TPSA) is 259 Å². The Labute approximate surface area is 676 Å². The summed E-state index contributed by atoms with van der Waals surface area (Å²) in [5, 5.41) is 20.0. The number of benzene rings is 8. The molecule has 0 amide bonds. The van der Waals surface area contributed by atoms with Gasteiger partial charge in [0.15, 0.2) is 11.5 Å². The molecule has 0 aromatic heterocycles. The largest absolute Gasteiger partial charge is 0.490 e. The number of methoxy groups -OCH3 is 3. The summed E-state index contributed by atoms with van der Waals surface area (Å²) >= 11 is 0. The van der Waals surface area contributed by atoms with Crippen molar-refractivity contribution in [3.63, 3.8) is 0 Å². The highest BCUT2D eigenvalue weighted by atomic mass is 16.6. The van der Waals surface area contributed by atoms with Gasteiger partial charge in [0.1, 0.15) is 31.1 Å². The first-order valence-corrected chi connectivity index (χ1v) is 39.6. The highest BCUT2D eigenvalue weighted by Gasteiger charge is 2.47. The Morgan fingerprint density at radius 1 is 0.313 bits per heavy atom. The average Bonchev–Trinajstić information content (AvgIpc) is 1.54. The van der Waals surface area contributed by atoms with Crippen LogP contribution in [0.2, 0.25) is 0 Å². The van der Waals surface area contributed by atoms with E-state index < -0.39 is 17.4 Å². The molecule has 8 aromatic rings. The van der Waals surface area contributed by atoms with Gasteiger partial charge in [0.25, 0.3) is 0 Å². The number of aliphatic hydroxyl groups excluding tert-OH is 2. The normalized spacial score (nSPS) is 13.0. The molecule has 24 heteroatoms. The first kappa shape index (κ1) is 90.6. The monoisotopic (exact) mass is 1590 g/mol. The van der Waals surface area contributed by atoms with Gasteiger partial charge in [-0.15, -0.1) is 0 Å². The first-order chi connectivity index (χ1) is 56.4. The van der Waals surface area contributed by atoms with Crippen molar-refractivity contribution in [2.45, 2.75) is 53.2 Å². The Morgan fingerprint density at radius 3 is 1.26 bits per heavy atom. The van der Waals surface area contributed by atoms with Gasteiger partial charge in [-0.1, -0.05) is 90.5 Å². The summed E-state index contributed by atoms with van der Waals surface area (Å²) in [6.07, 6.45) is 0. The molecule has 1 aliphatic carbocycles. The van der Waals surface area contributed by atoms with Crippen molar-refractivity contribution >= 4 is 22.7 Å². The van der Waals surface area contributed by atoms with E-state index in [9.17, 15) is 9.59 Å². The van der Waals surface area contributed by atoms with E-state index in [2.05, 4.69) is 105 Å². The third-order valence-electron chi connectivity index (χ3n) is 19.0. The van der Waals surface area contributed by atoms with Crippen molar-refractivity contribution in [1.29, 1.82) is 0 Å². The molecule has 9 rings (SSSR count). The Kier molecular flexibility index (Phi) is 39.7. The molecule has 0 aliphatic heterocycles. The van der Waals surface area contributed by atoms with Gasteiger partial charge in [-0.25, -0.2) is 9.59 Å². The SMILES string of the molecule is CCOC(=O)c1cc(-c2cc(C)cc3c(-c4ccc(OCCOCCOCCOC)c(C(=O)OCC)c4)cc(-c4ccc5c(c4)C(c4ccc(COCCOCCOCCO)c(C)c4)(c4ccc(OCCOCCOCCOC)c(OCCOCCOCCOC)c4)c4cc(C)ccc4-5)cc23)ccc1COCCOCCOCCO. The Hall–Kier alpha value is -8.32. The molecule has 0 saturated carbocycles. The zero-order valence-electron chi connectivity index (χ0n) is 68.1. The molecular formula is C91H116O24. The van der Waals surface area contributed by atoms with E-state index in [4.69, 9.17) is 105 Å². The van der Waals surface area contributed by atoms with Gasteiger partial charge >= 0.3 is 11.9 Å². The number of aryl methyl sites for hydroxylation is 3. The maximum atomic E-state index is 14.3. The molecule has 1 aliphatic rings. The smallest absolute Gasteiger partial charge is 0.341 e. The van der Waals surface area contributed by atoms with Crippen LogP contribution in [0.4, 0.5) is 0 Å². The van der Waals surface area contributed by atoms with Gasteiger partial charge < -0.3 is 105 Å². The first-order valence-electron chi connectivity index (χ1n) is 39.6. The summed E-state index contributed by atoms with van der Waals surface area (Å²) in [5.74, 6) is 0.313. The number of fused-ring (bicyclic) bond motifs is 4. The quantitative estimate of drug-likeness (QED) is 0.0265. The van der Waals surface area contributed by atoms with E-state index in [-0.39, 0.29) is 91.5 Å². The van der Waals surface area contributed by atoms with Gasteiger partial charge in [0.2, 0.25) is 0 Å². The molecule has 624 valence electrons. The molecule has 24 nitrogen and oxygen atoms in total. The lowest BCUT2D eigenvalue weighted by atomic mass is 9.66. The highest BCUT2D eigenvalue weighted by Crippen LogP contribution is 2.58. The minimum atomic E-state index is -1.03. The Balaban J connectivity index is 1.22. The van der Waals surface area contributed by atoms with Crippen molar-refractivity contribution in [2.24, 2.45) is 0 Å². The number of aliphatic hydroxyl groups is 2. The molecule has 1 unspecified atom stereocenters. The van der Waals surface area contributed by atoms with Crippen LogP contribution >= 0.6 is 0 Å². The molecule has 0 heterocycles. The van der Waals surface area contributed by atoms with Crippen LogP contribution in [0, 0.1) is 20.8 Å². The molecule has 0 saturated heterocycles. The lowest BCUT2D eigenvalue weighted by molar-refractivity contribution is 0.00429. The average molecular weight is 1590 g/mol. The molecule has 0 fully saturated rings. The van der Waals surface area contributed by atoms with E-state index in [1.54, 1.807) is 35.2 Å². The summed E-state index contributed by atoms with van der Waals surface area (Å²) in [4.78, 5) is 28.6. The van der Waals surface area contributed by atoms with E-state index >= 15 is 0 Å². The van der Waals surface area contributed by atoms with Crippen molar-refractivity contribution in [2.75, 3.05) is 233 Å². The maximum Gasteiger partial charge on any atom is 0.341 e. The second kappa shape index (κ2) is 50.3. The van der Waals surface area contributed by atoms with Crippen LogP contribution in [0.3, 0.4) is 0 Å².